The van der Waals surface area contributed by atoms with Crippen LogP contribution < -0.4 is 11.1 Å². The molecule has 0 aromatic heterocycles. The minimum Gasteiger partial charge on any atom is -0.389 e. The zero-order valence-corrected chi connectivity index (χ0v) is 14.0. The summed E-state index contributed by atoms with van der Waals surface area (Å²) in [6, 6.07) is -0.326. The molecule has 0 spiro atoms. The SMILES string of the molecule is CC(C)(C)O[C@@H](C(NC=O)C1CCCCC1)[C@H](O)[C@@H](O)CN. The number of amides is 1. The lowest BCUT2D eigenvalue weighted by molar-refractivity contribution is -0.158. The average Bonchev–Trinajstić information content (AvgIpc) is 2.49. The summed E-state index contributed by atoms with van der Waals surface area (Å²) in [6.07, 6.45) is 3.14. The average molecular weight is 316 g/mol. The maximum atomic E-state index is 11.1. The van der Waals surface area contributed by atoms with Gasteiger partial charge in [-0.25, -0.2) is 0 Å². The number of hydrogen-bond donors (Lipinski definition) is 4. The van der Waals surface area contributed by atoms with E-state index in [4.69, 9.17) is 10.5 Å². The maximum absolute atomic E-state index is 11.1. The second kappa shape index (κ2) is 8.82. The summed E-state index contributed by atoms with van der Waals surface area (Å²) < 4.78 is 6.00. The predicted octanol–water partition coefficient (Wildman–Crippen LogP) is 0.546. The number of rotatable bonds is 8. The van der Waals surface area contributed by atoms with Gasteiger partial charge in [-0.3, -0.25) is 4.79 Å². The molecule has 0 radical (unpaired) electrons. The van der Waals surface area contributed by atoms with Gasteiger partial charge in [0.2, 0.25) is 6.41 Å². The molecule has 0 heterocycles. The molecule has 6 nitrogen and oxygen atoms in total. The van der Waals surface area contributed by atoms with Crippen molar-refractivity contribution in [1.29, 1.82) is 0 Å². The Hall–Kier alpha value is -0.690. The third kappa shape index (κ3) is 5.83. The van der Waals surface area contributed by atoms with Crippen molar-refractivity contribution in [2.75, 3.05) is 6.54 Å². The van der Waals surface area contributed by atoms with E-state index >= 15 is 0 Å². The van der Waals surface area contributed by atoms with Crippen LogP contribution in [0.25, 0.3) is 0 Å². The second-order valence-corrected chi connectivity index (χ2v) is 7.20. The Kier molecular flexibility index (Phi) is 7.76. The normalized spacial score (nSPS) is 22.6. The van der Waals surface area contributed by atoms with Crippen LogP contribution in [0.15, 0.2) is 0 Å². The topological polar surface area (TPSA) is 105 Å². The quantitative estimate of drug-likeness (QED) is 0.489. The van der Waals surface area contributed by atoms with E-state index in [1.165, 1.54) is 6.42 Å². The molecule has 0 aliphatic heterocycles. The fourth-order valence-corrected chi connectivity index (χ4v) is 3.19. The molecule has 1 saturated carbocycles. The first-order chi connectivity index (χ1) is 10.3. The maximum Gasteiger partial charge on any atom is 0.207 e. The number of nitrogens with two attached hydrogens (primary N) is 1. The molecule has 1 fully saturated rings. The molecule has 1 aliphatic rings. The predicted molar refractivity (Wildman–Crippen MR) is 85.3 cm³/mol. The van der Waals surface area contributed by atoms with Gasteiger partial charge in [-0.2, -0.15) is 0 Å². The summed E-state index contributed by atoms with van der Waals surface area (Å²) in [5.74, 6) is 0.242. The number of carbonyl (C=O) groups is 1. The van der Waals surface area contributed by atoms with E-state index in [0.29, 0.717) is 6.41 Å². The first kappa shape index (κ1) is 19.4. The molecule has 1 amide bonds. The molecule has 0 aromatic carbocycles. The zero-order chi connectivity index (χ0) is 16.8. The molecule has 0 bridgehead atoms. The van der Waals surface area contributed by atoms with Crippen molar-refractivity contribution >= 4 is 6.41 Å². The lowest BCUT2D eigenvalue weighted by Crippen LogP contribution is -2.57. The van der Waals surface area contributed by atoms with Crippen molar-refractivity contribution in [2.45, 2.75) is 82.8 Å². The molecule has 130 valence electrons. The van der Waals surface area contributed by atoms with Gasteiger partial charge in [-0.05, 0) is 39.5 Å². The summed E-state index contributed by atoms with van der Waals surface area (Å²) in [4.78, 5) is 11.1. The Morgan fingerprint density at radius 1 is 1.27 bits per heavy atom. The summed E-state index contributed by atoms with van der Waals surface area (Å²) in [6.45, 7) is 5.62. The molecule has 0 aromatic rings. The number of aliphatic hydroxyl groups excluding tert-OH is 2. The van der Waals surface area contributed by atoms with Gasteiger partial charge in [0.05, 0.1) is 17.7 Å². The molecular formula is C16H32N2O4. The number of aliphatic hydroxyl groups is 2. The standard InChI is InChI=1S/C16H32N2O4/c1-16(2,3)22-15(14(21)12(20)9-17)13(18-10-19)11-7-5-4-6-8-11/h10-15,20-21H,4-9,17H2,1-3H3,(H,18,19)/t12-,13?,14+,15-/m0/s1. The van der Waals surface area contributed by atoms with Gasteiger partial charge in [0.25, 0.3) is 0 Å². The summed E-state index contributed by atoms with van der Waals surface area (Å²) in [7, 11) is 0. The Morgan fingerprint density at radius 2 is 1.86 bits per heavy atom. The lowest BCUT2D eigenvalue weighted by Gasteiger charge is -2.41. The molecule has 6 heteroatoms. The van der Waals surface area contributed by atoms with Crippen LogP contribution in [0.2, 0.25) is 0 Å². The van der Waals surface area contributed by atoms with Gasteiger partial charge in [0.15, 0.2) is 0 Å². The van der Waals surface area contributed by atoms with Crippen molar-refractivity contribution < 1.29 is 19.7 Å². The van der Waals surface area contributed by atoms with E-state index in [0.717, 1.165) is 25.7 Å². The Labute approximate surface area is 133 Å². The van der Waals surface area contributed by atoms with Crippen LogP contribution in [0.3, 0.4) is 0 Å². The number of hydrogen-bond acceptors (Lipinski definition) is 5. The largest absolute Gasteiger partial charge is 0.389 e. The van der Waals surface area contributed by atoms with Crippen LogP contribution >= 0.6 is 0 Å². The van der Waals surface area contributed by atoms with Gasteiger partial charge in [0.1, 0.15) is 12.2 Å². The molecule has 5 N–H and O–H groups in total. The highest BCUT2D eigenvalue weighted by molar-refractivity contribution is 5.47. The minimum absolute atomic E-state index is 0.0519. The van der Waals surface area contributed by atoms with Crippen molar-refractivity contribution in [2.24, 2.45) is 11.7 Å². The number of carbonyl (C=O) groups excluding carboxylic acids is 1. The fraction of sp³-hybridized carbons (Fsp3) is 0.938. The first-order valence-electron chi connectivity index (χ1n) is 8.24. The van der Waals surface area contributed by atoms with Gasteiger partial charge in [-0.1, -0.05) is 19.3 Å². The monoisotopic (exact) mass is 316 g/mol. The number of ether oxygens (including phenoxy) is 1. The fourth-order valence-electron chi connectivity index (χ4n) is 3.19. The van der Waals surface area contributed by atoms with Crippen LogP contribution in [0.5, 0.6) is 0 Å². The van der Waals surface area contributed by atoms with Crippen LogP contribution in [0, 0.1) is 5.92 Å². The van der Waals surface area contributed by atoms with E-state index in [1.54, 1.807) is 0 Å². The van der Waals surface area contributed by atoms with Crippen molar-refractivity contribution in [1.82, 2.24) is 5.32 Å². The summed E-state index contributed by atoms with van der Waals surface area (Å²) in [5.41, 5.74) is 4.97. The molecular weight excluding hydrogens is 284 g/mol. The first-order valence-corrected chi connectivity index (χ1v) is 8.24. The molecule has 4 atom stereocenters. The van der Waals surface area contributed by atoms with E-state index in [1.807, 2.05) is 20.8 Å². The minimum atomic E-state index is -1.14. The van der Waals surface area contributed by atoms with E-state index in [9.17, 15) is 15.0 Å². The lowest BCUT2D eigenvalue weighted by atomic mass is 9.80. The van der Waals surface area contributed by atoms with Gasteiger partial charge in [0, 0.05) is 6.54 Å². The molecule has 1 rings (SSSR count). The van der Waals surface area contributed by atoms with Crippen LogP contribution in [-0.4, -0.2) is 53.1 Å². The third-order valence-electron chi connectivity index (χ3n) is 4.23. The van der Waals surface area contributed by atoms with Crippen LogP contribution in [-0.2, 0) is 9.53 Å². The second-order valence-electron chi connectivity index (χ2n) is 7.20. The molecule has 1 unspecified atom stereocenters. The van der Waals surface area contributed by atoms with Gasteiger partial charge in [-0.15, -0.1) is 0 Å². The summed E-state index contributed by atoms with van der Waals surface area (Å²) in [5, 5.41) is 23.2. The highest BCUT2D eigenvalue weighted by Crippen LogP contribution is 2.31. The van der Waals surface area contributed by atoms with Crippen LogP contribution in [0.4, 0.5) is 0 Å². The zero-order valence-electron chi connectivity index (χ0n) is 14.0. The molecule has 0 saturated heterocycles. The van der Waals surface area contributed by atoms with E-state index in [2.05, 4.69) is 5.32 Å². The Bertz CT molecular complexity index is 327. The highest BCUT2D eigenvalue weighted by Gasteiger charge is 2.40. The van der Waals surface area contributed by atoms with Gasteiger partial charge >= 0.3 is 0 Å². The van der Waals surface area contributed by atoms with Gasteiger partial charge < -0.3 is 26.0 Å². The molecule has 1 aliphatic carbocycles. The highest BCUT2D eigenvalue weighted by atomic mass is 16.5. The van der Waals surface area contributed by atoms with E-state index in [-0.39, 0.29) is 18.5 Å². The van der Waals surface area contributed by atoms with Crippen molar-refractivity contribution in [3.8, 4) is 0 Å². The Morgan fingerprint density at radius 3 is 2.32 bits per heavy atom. The third-order valence-corrected chi connectivity index (χ3v) is 4.23. The smallest absolute Gasteiger partial charge is 0.207 e. The Balaban J connectivity index is 2.97. The number of nitrogens with one attached hydrogen (secondary N) is 1. The summed E-state index contributed by atoms with van der Waals surface area (Å²) >= 11 is 0. The van der Waals surface area contributed by atoms with E-state index < -0.39 is 23.9 Å². The van der Waals surface area contributed by atoms with Crippen LogP contribution in [0.1, 0.15) is 52.9 Å². The van der Waals surface area contributed by atoms with Crippen molar-refractivity contribution in [3.63, 3.8) is 0 Å². The van der Waals surface area contributed by atoms with Crippen molar-refractivity contribution in [3.05, 3.63) is 0 Å². The molecule has 22 heavy (non-hydrogen) atoms.